The summed E-state index contributed by atoms with van der Waals surface area (Å²) in [4.78, 5) is 25.7. The molecule has 0 atom stereocenters. The molecule has 0 radical (unpaired) electrons. The van der Waals surface area contributed by atoms with E-state index in [1.807, 2.05) is 97.1 Å². The molecule has 0 bridgehead atoms. The molecule has 4 rings (SSSR count). The summed E-state index contributed by atoms with van der Waals surface area (Å²) >= 11 is 0. The van der Waals surface area contributed by atoms with Crippen molar-refractivity contribution in [3.8, 4) is 11.5 Å². The number of amides is 4. The van der Waals surface area contributed by atoms with Crippen molar-refractivity contribution in [1.82, 2.24) is 0 Å². The van der Waals surface area contributed by atoms with Crippen LogP contribution in [0.3, 0.4) is 0 Å². The van der Waals surface area contributed by atoms with Crippen molar-refractivity contribution in [2.75, 3.05) is 34.5 Å². The highest BCUT2D eigenvalue weighted by Crippen LogP contribution is 2.34. The molecule has 0 unspecified atom stereocenters. The number of benzene rings is 4. The van der Waals surface area contributed by atoms with Gasteiger partial charge in [0.25, 0.3) is 0 Å². The van der Waals surface area contributed by atoms with E-state index in [-0.39, 0.29) is 36.1 Å². The van der Waals surface area contributed by atoms with Crippen LogP contribution in [0.2, 0.25) is 0 Å². The maximum atomic E-state index is 12.8. The van der Waals surface area contributed by atoms with Gasteiger partial charge in [-0.15, -0.1) is 0 Å². The molecule has 4 aromatic carbocycles. The van der Waals surface area contributed by atoms with Crippen LogP contribution >= 0.6 is 0 Å². The Morgan fingerprint density at radius 1 is 0.565 bits per heavy atom. The molecule has 8 nitrogen and oxygen atoms in total. The Labute approximate surface area is 272 Å². The third kappa shape index (κ3) is 9.89. The summed E-state index contributed by atoms with van der Waals surface area (Å²) in [7, 11) is 0. The summed E-state index contributed by atoms with van der Waals surface area (Å²) < 4.78 is 12.3. The van der Waals surface area contributed by atoms with Crippen molar-refractivity contribution in [1.29, 1.82) is 0 Å². The van der Waals surface area contributed by atoms with E-state index in [1.54, 1.807) is 0 Å². The minimum atomic E-state index is -0.376. The molecule has 4 amide bonds. The van der Waals surface area contributed by atoms with Crippen molar-refractivity contribution in [2.45, 2.75) is 52.4 Å². The van der Waals surface area contributed by atoms with Gasteiger partial charge < -0.3 is 30.7 Å². The fraction of sp³-hybridized carbons (Fsp3) is 0.263. The lowest BCUT2D eigenvalue weighted by Crippen LogP contribution is -2.21. The molecule has 0 spiro atoms. The largest absolute Gasteiger partial charge is 0.487 e. The average molecular weight is 621 g/mol. The van der Waals surface area contributed by atoms with Crippen LogP contribution in [0, 0.1) is 0 Å². The molecular weight excluding hydrogens is 576 g/mol. The molecule has 0 aliphatic carbocycles. The number of carbonyl (C=O) groups excluding carboxylic acids is 2. The van der Waals surface area contributed by atoms with Crippen molar-refractivity contribution in [3.63, 3.8) is 0 Å². The van der Waals surface area contributed by atoms with E-state index in [0.717, 1.165) is 11.1 Å². The maximum absolute atomic E-state index is 12.8. The van der Waals surface area contributed by atoms with Gasteiger partial charge in [-0.25, -0.2) is 9.59 Å². The van der Waals surface area contributed by atoms with E-state index >= 15 is 0 Å². The van der Waals surface area contributed by atoms with Gasteiger partial charge in [0.1, 0.15) is 24.7 Å². The molecule has 46 heavy (non-hydrogen) atoms. The number of anilines is 4. The molecule has 0 aliphatic heterocycles. The molecule has 0 saturated heterocycles. The Bertz CT molecular complexity index is 1530. The molecule has 240 valence electrons. The normalized spacial score (nSPS) is 11.3. The highest BCUT2D eigenvalue weighted by molar-refractivity contribution is 6.01. The van der Waals surface area contributed by atoms with Gasteiger partial charge in [-0.2, -0.15) is 0 Å². The second-order valence-corrected chi connectivity index (χ2v) is 13.1. The predicted octanol–water partition coefficient (Wildman–Crippen LogP) is 9.58. The number of nitrogens with one attached hydrogen (secondary N) is 4. The fourth-order valence-corrected chi connectivity index (χ4v) is 4.45. The van der Waals surface area contributed by atoms with Gasteiger partial charge in [0.05, 0.1) is 11.4 Å². The first kappa shape index (κ1) is 33.6. The number of rotatable bonds is 10. The van der Waals surface area contributed by atoms with Crippen molar-refractivity contribution in [2.24, 2.45) is 0 Å². The molecule has 0 saturated carbocycles. The summed E-state index contributed by atoms with van der Waals surface area (Å²) in [6.07, 6.45) is 0. The summed E-state index contributed by atoms with van der Waals surface area (Å²) in [5, 5.41) is 11.6. The van der Waals surface area contributed by atoms with Crippen LogP contribution < -0.4 is 30.7 Å². The van der Waals surface area contributed by atoms with Crippen molar-refractivity contribution < 1.29 is 19.1 Å². The minimum absolute atomic E-state index is 0.130. The van der Waals surface area contributed by atoms with E-state index in [4.69, 9.17) is 9.47 Å². The number of hydrogen-bond donors (Lipinski definition) is 4. The Morgan fingerprint density at radius 2 is 0.935 bits per heavy atom. The van der Waals surface area contributed by atoms with Crippen LogP contribution in [0.25, 0.3) is 0 Å². The lowest BCUT2D eigenvalue weighted by atomic mass is 9.87. The Morgan fingerprint density at radius 3 is 1.28 bits per heavy atom. The van der Waals surface area contributed by atoms with Crippen LogP contribution in [0.5, 0.6) is 11.5 Å². The fourth-order valence-electron chi connectivity index (χ4n) is 4.45. The van der Waals surface area contributed by atoms with E-state index in [1.165, 1.54) is 0 Å². The maximum Gasteiger partial charge on any atom is 0.323 e. The SMILES string of the molecule is C=C(COc1ccc(C(C)(C)C)cc1NC(=O)Nc1ccccc1)COc1ccc(C(C)(C)C)cc1NC(=O)Nc1ccccc1. The van der Waals surface area contributed by atoms with Gasteiger partial charge in [0, 0.05) is 11.4 Å². The topological polar surface area (TPSA) is 101 Å². The molecule has 0 heterocycles. The van der Waals surface area contributed by atoms with Crippen LogP contribution in [0.4, 0.5) is 32.3 Å². The van der Waals surface area contributed by atoms with Gasteiger partial charge >= 0.3 is 12.1 Å². The predicted molar refractivity (Wildman–Crippen MR) is 189 cm³/mol. The van der Waals surface area contributed by atoms with Crippen LogP contribution in [0.15, 0.2) is 109 Å². The number of hydrogen-bond acceptors (Lipinski definition) is 4. The molecular formula is C38H44N4O4. The zero-order chi connectivity index (χ0) is 33.3. The van der Waals surface area contributed by atoms with Gasteiger partial charge in [0.15, 0.2) is 0 Å². The zero-order valence-electron chi connectivity index (χ0n) is 27.5. The van der Waals surface area contributed by atoms with Crippen LogP contribution in [-0.2, 0) is 10.8 Å². The summed E-state index contributed by atoms with van der Waals surface area (Å²) in [6, 6.07) is 29.3. The quantitative estimate of drug-likeness (QED) is 0.133. The standard InChI is InChI=1S/C38H44N4O4/c1-26(24-45-33-20-18-27(37(2,3)4)22-31(33)41-35(43)39-29-14-10-8-11-15-29)25-46-34-21-19-28(38(5,6)7)23-32(34)42-36(44)40-30-16-12-9-13-17-30/h8-23H,1,24-25H2,2-7H3,(H2,39,41,43)(H2,40,42,44). The first-order valence-electron chi connectivity index (χ1n) is 15.3. The second kappa shape index (κ2) is 14.7. The number of urea groups is 2. The number of carbonyl (C=O) groups is 2. The lowest BCUT2D eigenvalue weighted by Gasteiger charge is -2.23. The lowest BCUT2D eigenvalue weighted by molar-refractivity contribution is 0.261. The van der Waals surface area contributed by atoms with Crippen molar-refractivity contribution in [3.05, 3.63) is 120 Å². The molecule has 4 aromatic rings. The molecule has 0 aliphatic rings. The average Bonchev–Trinajstić information content (AvgIpc) is 2.99. The van der Waals surface area contributed by atoms with Crippen LogP contribution in [-0.4, -0.2) is 25.3 Å². The van der Waals surface area contributed by atoms with Gasteiger partial charge in [0.2, 0.25) is 0 Å². The summed E-state index contributed by atoms with van der Waals surface area (Å²) in [5.74, 6) is 1.01. The smallest absolute Gasteiger partial charge is 0.323 e. The monoisotopic (exact) mass is 620 g/mol. The second-order valence-electron chi connectivity index (χ2n) is 13.1. The van der Waals surface area contributed by atoms with Gasteiger partial charge in [-0.05, 0) is 76.1 Å². The third-order valence-corrected chi connectivity index (χ3v) is 7.11. The molecule has 0 aromatic heterocycles. The summed E-state index contributed by atoms with van der Waals surface area (Å²) in [5.41, 5.74) is 4.96. The highest BCUT2D eigenvalue weighted by Gasteiger charge is 2.19. The Hall–Kier alpha value is -5.24. The first-order valence-corrected chi connectivity index (χ1v) is 15.3. The van der Waals surface area contributed by atoms with Crippen molar-refractivity contribution >= 4 is 34.8 Å². The van der Waals surface area contributed by atoms with E-state index < -0.39 is 0 Å². The van der Waals surface area contributed by atoms with E-state index in [9.17, 15) is 9.59 Å². The Kier molecular flexibility index (Phi) is 10.7. The molecule has 0 fully saturated rings. The molecule has 8 heteroatoms. The van der Waals surface area contributed by atoms with E-state index in [0.29, 0.717) is 39.8 Å². The zero-order valence-corrected chi connectivity index (χ0v) is 27.5. The Balaban J connectivity index is 1.43. The number of ether oxygens (including phenoxy) is 2. The van der Waals surface area contributed by atoms with Crippen LogP contribution in [0.1, 0.15) is 52.7 Å². The minimum Gasteiger partial charge on any atom is -0.487 e. The van der Waals surface area contributed by atoms with Gasteiger partial charge in [-0.3, -0.25) is 0 Å². The number of para-hydroxylation sites is 2. The summed E-state index contributed by atoms with van der Waals surface area (Å²) in [6.45, 7) is 17.1. The van der Waals surface area contributed by atoms with Gasteiger partial charge in [-0.1, -0.05) is 96.7 Å². The van der Waals surface area contributed by atoms with E-state index in [2.05, 4.69) is 69.4 Å². The first-order chi connectivity index (χ1) is 21.8. The third-order valence-electron chi connectivity index (χ3n) is 7.11. The highest BCUT2D eigenvalue weighted by atomic mass is 16.5. The molecule has 4 N–H and O–H groups in total.